The number of fused-ring (bicyclic) bond motifs is 1. The van der Waals surface area contributed by atoms with Crippen molar-refractivity contribution in [3.05, 3.63) is 35.4 Å². The molecule has 132 valence electrons. The van der Waals surface area contributed by atoms with E-state index in [0.29, 0.717) is 0 Å². The molecule has 3 rings (SSSR count). The van der Waals surface area contributed by atoms with Gasteiger partial charge in [0.25, 0.3) is 0 Å². The quantitative estimate of drug-likeness (QED) is 0.623. The Morgan fingerprint density at radius 3 is 2.50 bits per heavy atom. The second-order valence-electron chi connectivity index (χ2n) is 7.63. The van der Waals surface area contributed by atoms with Crippen molar-refractivity contribution in [3.63, 3.8) is 0 Å². The Morgan fingerprint density at radius 1 is 1.25 bits per heavy atom. The summed E-state index contributed by atoms with van der Waals surface area (Å²) < 4.78 is 0. The number of aliphatic hydroxyl groups is 1. The first-order chi connectivity index (χ1) is 11.3. The van der Waals surface area contributed by atoms with E-state index in [2.05, 4.69) is 23.0 Å². The van der Waals surface area contributed by atoms with E-state index in [-0.39, 0.29) is 35.3 Å². The fraction of sp³-hybridized carbons (Fsp3) is 0.611. The molecule has 2 fully saturated rings. The summed E-state index contributed by atoms with van der Waals surface area (Å²) in [7, 11) is 0. The van der Waals surface area contributed by atoms with Crippen molar-refractivity contribution in [1.82, 2.24) is 10.9 Å². The lowest BCUT2D eigenvalue weighted by Gasteiger charge is -2.36. The van der Waals surface area contributed by atoms with Crippen LogP contribution in [-0.4, -0.2) is 40.3 Å². The minimum Gasteiger partial charge on any atom is -0.480 e. The highest BCUT2D eigenvalue weighted by Gasteiger charge is 2.46. The molecule has 2 aliphatic rings. The summed E-state index contributed by atoms with van der Waals surface area (Å²) in [6, 6.07) is 7.77. The highest BCUT2D eigenvalue weighted by atomic mass is 35.5. The standard InChI is InChI=1S/C18H25ClN2O3/c1-18(2,9-22)11-5-3-10(4-6-11)12-7-13-15(8-14(12)19)20-21-16(13)17(23)24/h3-6,12-16,20-22H,7-9H2,1-2H3,(H,23,24). The van der Waals surface area contributed by atoms with Crippen LogP contribution in [0, 0.1) is 5.92 Å². The van der Waals surface area contributed by atoms with Gasteiger partial charge in [0.1, 0.15) is 6.04 Å². The number of carbonyl (C=O) groups is 1. The average Bonchev–Trinajstić information content (AvgIpc) is 2.97. The summed E-state index contributed by atoms with van der Waals surface area (Å²) in [4.78, 5) is 11.4. The van der Waals surface area contributed by atoms with E-state index in [0.717, 1.165) is 24.0 Å². The molecule has 5 nitrogen and oxygen atoms in total. The lowest BCUT2D eigenvalue weighted by atomic mass is 9.73. The summed E-state index contributed by atoms with van der Waals surface area (Å²) in [5.74, 6) is -0.638. The lowest BCUT2D eigenvalue weighted by molar-refractivity contribution is -0.140. The molecule has 4 N–H and O–H groups in total. The van der Waals surface area contributed by atoms with Crippen LogP contribution in [0.15, 0.2) is 24.3 Å². The minimum absolute atomic E-state index is 0.0233. The van der Waals surface area contributed by atoms with Gasteiger partial charge in [0.05, 0.1) is 6.61 Å². The molecule has 1 aliphatic heterocycles. The number of halogens is 1. The second-order valence-corrected chi connectivity index (χ2v) is 8.19. The van der Waals surface area contributed by atoms with Crippen molar-refractivity contribution < 1.29 is 15.0 Å². The summed E-state index contributed by atoms with van der Waals surface area (Å²) >= 11 is 6.61. The van der Waals surface area contributed by atoms with Gasteiger partial charge in [-0.15, -0.1) is 11.6 Å². The number of aliphatic hydroxyl groups excluding tert-OH is 1. The van der Waals surface area contributed by atoms with Gasteiger partial charge < -0.3 is 10.2 Å². The molecule has 5 unspecified atom stereocenters. The summed E-state index contributed by atoms with van der Waals surface area (Å²) in [6.45, 7) is 4.10. The molecule has 5 atom stereocenters. The molecule has 0 aromatic heterocycles. The van der Waals surface area contributed by atoms with E-state index in [4.69, 9.17) is 11.6 Å². The number of rotatable bonds is 4. The van der Waals surface area contributed by atoms with Crippen LogP contribution in [0.3, 0.4) is 0 Å². The van der Waals surface area contributed by atoms with Crippen LogP contribution < -0.4 is 10.9 Å². The van der Waals surface area contributed by atoms with Crippen LogP contribution in [0.4, 0.5) is 0 Å². The van der Waals surface area contributed by atoms with E-state index in [1.165, 1.54) is 0 Å². The zero-order valence-corrected chi connectivity index (χ0v) is 14.8. The maximum absolute atomic E-state index is 11.4. The summed E-state index contributed by atoms with van der Waals surface area (Å²) in [6.07, 6.45) is 1.50. The monoisotopic (exact) mass is 352 g/mol. The largest absolute Gasteiger partial charge is 0.480 e. The number of benzene rings is 1. The molecule has 0 amide bonds. The van der Waals surface area contributed by atoms with Crippen LogP contribution in [0.5, 0.6) is 0 Å². The predicted molar refractivity (Wildman–Crippen MR) is 93.1 cm³/mol. The van der Waals surface area contributed by atoms with Crippen LogP contribution in [0.1, 0.15) is 43.7 Å². The van der Waals surface area contributed by atoms with Crippen molar-refractivity contribution in [2.45, 2.75) is 55.5 Å². The highest BCUT2D eigenvalue weighted by molar-refractivity contribution is 6.21. The fourth-order valence-electron chi connectivity index (χ4n) is 3.89. The Balaban J connectivity index is 1.80. The molecule has 1 aromatic rings. The van der Waals surface area contributed by atoms with Crippen molar-refractivity contribution >= 4 is 17.6 Å². The molecule has 1 aromatic carbocycles. The Labute approximate surface area is 147 Å². The normalized spacial score (nSPS) is 33.2. The smallest absolute Gasteiger partial charge is 0.322 e. The fourth-order valence-corrected chi connectivity index (χ4v) is 4.33. The molecule has 6 heteroatoms. The number of hydrogen-bond acceptors (Lipinski definition) is 4. The maximum atomic E-state index is 11.4. The number of carboxylic acids is 1. The van der Waals surface area contributed by atoms with Gasteiger partial charge in [-0.05, 0) is 24.0 Å². The number of hydrazine groups is 1. The molecule has 1 saturated heterocycles. The van der Waals surface area contributed by atoms with Gasteiger partial charge in [-0.1, -0.05) is 38.1 Å². The third-order valence-corrected chi connectivity index (χ3v) is 6.07. The average molecular weight is 353 g/mol. The third-order valence-electron chi connectivity index (χ3n) is 5.59. The maximum Gasteiger partial charge on any atom is 0.322 e. The molecular formula is C18H25ClN2O3. The molecule has 1 heterocycles. The van der Waals surface area contributed by atoms with Gasteiger partial charge in [0.2, 0.25) is 0 Å². The van der Waals surface area contributed by atoms with E-state index >= 15 is 0 Å². The van der Waals surface area contributed by atoms with Crippen molar-refractivity contribution in [2.75, 3.05) is 6.61 Å². The second kappa shape index (κ2) is 6.64. The Bertz CT molecular complexity index is 605. The molecule has 0 bridgehead atoms. The number of nitrogens with one attached hydrogen (secondary N) is 2. The first-order valence-corrected chi connectivity index (χ1v) is 8.86. The van der Waals surface area contributed by atoms with Gasteiger partial charge in [0.15, 0.2) is 0 Å². The molecule has 1 aliphatic carbocycles. The topological polar surface area (TPSA) is 81.6 Å². The van der Waals surface area contributed by atoms with Crippen molar-refractivity contribution in [1.29, 1.82) is 0 Å². The third kappa shape index (κ3) is 3.18. The SMILES string of the molecule is CC(C)(CO)c1ccc(C2CC3C(CC2Cl)NNC3C(=O)O)cc1. The van der Waals surface area contributed by atoms with Crippen molar-refractivity contribution in [3.8, 4) is 0 Å². The Hall–Kier alpha value is -1.14. The van der Waals surface area contributed by atoms with Crippen LogP contribution in [-0.2, 0) is 10.2 Å². The van der Waals surface area contributed by atoms with E-state index in [9.17, 15) is 15.0 Å². The first-order valence-electron chi connectivity index (χ1n) is 8.42. The van der Waals surface area contributed by atoms with Crippen LogP contribution >= 0.6 is 11.6 Å². The van der Waals surface area contributed by atoms with Gasteiger partial charge in [0, 0.05) is 28.7 Å². The molecule has 0 radical (unpaired) electrons. The summed E-state index contributed by atoms with van der Waals surface area (Å²) in [5, 5.41) is 18.8. The summed E-state index contributed by atoms with van der Waals surface area (Å²) in [5.41, 5.74) is 7.93. The lowest BCUT2D eigenvalue weighted by Crippen LogP contribution is -2.41. The number of alkyl halides is 1. The van der Waals surface area contributed by atoms with Gasteiger partial charge in [-0.3, -0.25) is 10.2 Å². The van der Waals surface area contributed by atoms with E-state index < -0.39 is 12.0 Å². The Kier molecular flexibility index (Phi) is 4.89. The zero-order valence-electron chi connectivity index (χ0n) is 14.0. The Morgan fingerprint density at radius 2 is 1.92 bits per heavy atom. The minimum atomic E-state index is -0.818. The molecule has 24 heavy (non-hydrogen) atoms. The first kappa shape index (κ1) is 17.7. The number of aliphatic carboxylic acids is 1. The molecule has 0 spiro atoms. The van der Waals surface area contributed by atoms with Crippen LogP contribution in [0.2, 0.25) is 0 Å². The van der Waals surface area contributed by atoms with Crippen LogP contribution in [0.25, 0.3) is 0 Å². The number of carboxylic acid groups (broad SMARTS) is 1. The zero-order chi connectivity index (χ0) is 17.5. The van der Waals surface area contributed by atoms with E-state index in [1.54, 1.807) is 0 Å². The van der Waals surface area contributed by atoms with E-state index in [1.807, 2.05) is 26.0 Å². The van der Waals surface area contributed by atoms with Gasteiger partial charge in [-0.2, -0.15) is 0 Å². The number of hydrogen-bond donors (Lipinski definition) is 4. The molecular weight excluding hydrogens is 328 g/mol. The predicted octanol–water partition coefficient (Wildman–Crippen LogP) is 1.99. The molecule has 1 saturated carbocycles. The highest BCUT2D eigenvalue weighted by Crippen LogP contribution is 2.42. The van der Waals surface area contributed by atoms with Gasteiger partial charge in [-0.25, -0.2) is 5.43 Å². The van der Waals surface area contributed by atoms with Gasteiger partial charge >= 0.3 is 5.97 Å². The van der Waals surface area contributed by atoms with Crippen molar-refractivity contribution in [2.24, 2.45) is 5.92 Å².